The molecule has 0 aromatic heterocycles. The van der Waals surface area contributed by atoms with Gasteiger partial charge in [-0.05, 0) is 37.8 Å². The number of sulfonamides is 1. The highest BCUT2D eigenvalue weighted by atomic mass is 32.2. The minimum atomic E-state index is -3.53. The molecule has 0 radical (unpaired) electrons. The number of rotatable bonds is 6. The van der Waals surface area contributed by atoms with Gasteiger partial charge in [0.25, 0.3) is 0 Å². The van der Waals surface area contributed by atoms with Gasteiger partial charge in [-0.15, -0.1) is 0 Å². The fraction of sp³-hybridized carbons (Fsp3) is 0.619. The number of hydrogen-bond acceptors (Lipinski definition) is 4. The topological polar surface area (TPSA) is 78.0 Å². The van der Waals surface area contributed by atoms with Gasteiger partial charge in [0.05, 0.1) is 4.90 Å². The van der Waals surface area contributed by atoms with E-state index >= 15 is 0 Å². The summed E-state index contributed by atoms with van der Waals surface area (Å²) in [7, 11) is -3.53. The van der Waals surface area contributed by atoms with Gasteiger partial charge >= 0.3 is 0 Å². The number of piperidine rings is 1. The Labute approximate surface area is 173 Å². The van der Waals surface area contributed by atoms with Crippen molar-refractivity contribution in [1.29, 1.82) is 0 Å². The fourth-order valence-corrected chi connectivity index (χ4v) is 5.63. The molecule has 8 heteroatoms. The molecule has 2 amide bonds. The lowest BCUT2D eigenvalue weighted by Gasteiger charge is -2.36. The second kappa shape index (κ2) is 9.71. The summed E-state index contributed by atoms with van der Waals surface area (Å²) in [6, 6.07) is 8.66. The first-order chi connectivity index (χ1) is 13.9. The third-order valence-electron chi connectivity index (χ3n) is 5.94. The van der Waals surface area contributed by atoms with Crippen LogP contribution >= 0.6 is 0 Å². The molecule has 29 heavy (non-hydrogen) atoms. The van der Waals surface area contributed by atoms with Crippen molar-refractivity contribution in [3.63, 3.8) is 0 Å². The van der Waals surface area contributed by atoms with Crippen LogP contribution in [0.4, 0.5) is 0 Å². The van der Waals surface area contributed by atoms with Gasteiger partial charge in [0.1, 0.15) is 0 Å². The van der Waals surface area contributed by atoms with Crippen molar-refractivity contribution in [3.05, 3.63) is 30.3 Å². The van der Waals surface area contributed by atoms with Gasteiger partial charge in [-0.25, -0.2) is 8.42 Å². The Morgan fingerprint density at radius 2 is 1.59 bits per heavy atom. The molecule has 0 N–H and O–H groups in total. The third-order valence-corrected chi connectivity index (χ3v) is 7.86. The van der Waals surface area contributed by atoms with Crippen molar-refractivity contribution in [3.8, 4) is 0 Å². The number of piperazine rings is 1. The minimum absolute atomic E-state index is 0.0650. The van der Waals surface area contributed by atoms with E-state index in [2.05, 4.69) is 6.92 Å². The summed E-state index contributed by atoms with van der Waals surface area (Å²) in [6.07, 6.45) is 4.63. The molecule has 2 aliphatic heterocycles. The van der Waals surface area contributed by atoms with E-state index in [1.54, 1.807) is 35.2 Å². The van der Waals surface area contributed by atoms with Crippen LogP contribution in [0.15, 0.2) is 35.2 Å². The highest BCUT2D eigenvalue weighted by Gasteiger charge is 2.31. The molecule has 160 valence electrons. The number of amides is 2. The monoisotopic (exact) mass is 421 g/mol. The lowest BCUT2D eigenvalue weighted by molar-refractivity contribution is -0.139. The van der Waals surface area contributed by atoms with Gasteiger partial charge in [0, 0.05) is 51.6 Å². The molecule has 0 bridgehead atoms. The van der Waals surface area contributed by atoms with Gasteiger partial charge in [-0.3, -0.25) is 9.59 Å². The Balaban J connectivity index is 1.48. The van der Waals surface area contributed by atoms with Crippen LogP contribution in [0.3, 0.4) is 0 Å². The van der Waals surface area contributed by atoms with E-state index in [1.165, 1.54) is 4.31 Å². The average molecular weight is 422 g/mol. The number of benzene rings is 1. The maximum atomic E-state index is 12.7. The van der Waals surface area contributed by atoms with Gasteiger partial charge < -0.3 is 9.80 Å². The number of nitrogens with zero attached hydrogens (tertiary/aromatic N) is 3. The molecular weight excluding hydrogens is 390 g/mol. The molecule has 1 atom stereocenters. The Kier molecular flexibility index (Phi) is 7.29. The largest absolute Gasteiger partial charge is 0.340 e. The number of carbonyl (C=O) groups excluding carboxylic acids is 2. The van der Waals surface area contributed by atoms with Crippen LogP contribution in [0.25, 0.3) is 0 Å². The molecule has 2 saturated heterocycles. The lowest BCUT2D eigenvalue weighted by atomic mass is 9.99. The summed E-state index contributed by atoms with van der Waals surface area (Å²) in [4.78, 5) is 29.0. The summed E-state index contributed by atoms with van der Waals surface area (Å²) < 4.78 is 26.8. The van der Waals surface area contributed by atoms with Crippen molar-refractivity contribution in [2.24, 2.45) is 0 Å². The first-order valence-corrected chi connectivity index (χ1v) is 12.0. The van der Waals surface area contributed by atoms with E-state index in [4.69, 9.17) is 0 Å². The zero-order valence-electron chi connectivity index (χ0n) is 17.1. The molecule has 7 nitrogen and oxygen atoms in total. The summed E-state index contributed by atoms with van der Waals surface area (Å²) in [5.41, 5.74) is 0. The van der Waals surface area contributed by atoms with Gasteiger partial charge in [0.15, 0.2) is 0 Å². The second-order valence-electron chi connectivity index (χ2n) is 7.74. The van der Waals surface area contributed by atoms with Crippen LogP contribution in [0, 0.1) is 0 Å². The third kappa shape index (κ3) is 5.17. The molecule has 0 saturated carbocycles. The lowest BCUT2D eigenvalue weighted by Crippen LogP contribution is -2.50. The molecule has 1 unspecified atom stereocenters. The van der Waals surface area contributed by atoms with Gasteiger partial charge in [0.2, 0.25) is 21.8 Å². The van der Waals surface area contributed by atoms with E-state index in [9.17, 15) is 18.0 Å². The summed E-state index contributed by atoms with van der Waals surface area (Å²) in [6.45, 7) is 4.18. The quantitative estimate of drug-likeness (QED) is 0.705. The van der Waals surface area contributed by atoms with E-state index in [0.717, 1.165) is 32.2 Å². The Morgan fingerprint density at radius 1 is 0.931 bits per heavy atom. The van der Waals surface area contributed by atoms with E-state index in [0.29, 0.717) is 19.1 Å². The van der Waals surface area contributed by atoms with Crippen molar-refractivity contribution in [2.75, 3.05) is 32.7 Å². The molecule has 0 aliphatic carbocycles. The van der Waals surface area contributed by atoms with Gasteiger partial charge in [-0.1, -0.05) is 25.1 Å². The van der Waals surface area contributed by atoms with Crippen LogP contribution in [-0.2, 0) is 19.6 Å². The fourth-order valence-electron chi connectivity index (χ4n) is 4.19. The molecule has 2 fully saturated rings. The normalized spacial score (nSPS) is 21.2. The molecule has 1 aromatic carbocycles. The molecule has 1 aromatic rings. The van der Waals surface area contributed by atoms with E-state index in [1.807, 2.05) is 4.90 Å². The second-order valence-corrected chi connectivity index (χ2v) is 9.68. The molecule has 2 aliphatic rings. The smallest absolute Gasteiger partial charge is 0.243 e. The zero-order valence-corrected chi connectivity index (χ0v) is 17.9. The first kappa shape index (κ1) is 21.8. The van der Waals surface area contributed by atoms with Crippen molar-refractivity contribution >= 4 is 21.8 Å². The van der Waals surface area contributed by atoms with E-state index in [-0.39, 0.29) is 42.6 Å². The van der Waals surface area contributed by atoms with Crippen molar-refractivity contribution in [1.82, 2.24) is 14.1 Å². The Hall–Kier alpha value is -1.93. The summed E-state index contributed by atoms with van der Waals surface area (Å²) in [5, 5.41) is 0. The average Bonchev–Trinajstić information content (AvgIpc) is 2.77. The highest BCUT2D eigenvalue weighted by molar-refractivity contribution is 7.89. The number of likely N-dealkylation sites (tertiary alicyclic amines) is 1. The van der Waals surface area contributed by atoms with Crippen LogP contribution < -0.4 is 0 Å². The zero-order chi connectivity index (χ0) is 20.9. The molecule has 0 spiro atoms. The first-order valence-electron chi connectivity index (χ1n) is 10.6. The maximum absolute atomic E-state index is 12.7. The summed E-state index contributed by atoms with van der Waals surface area (Å²) in [5.74, 6) is -0.00430. The number of carbonyl (C=O) groups is 2. The molecule has 3 rings (SSSR count). The standard InChI is InChI=1S/C21H31N3O4S/c1-2-18-8-6-7-13-24(18)21(26)12-11-20(25)22-14-16-23(17-15-22)29(27,28)19-9-4-3-5-10-19/h3-5,9-10,18H,2,6-8,11-17H2,1H3. The van der Waals surface area contributed by atoms with Crippen LogP contribution in [0.5, 0.6) is 0 Å². The van der Waals surface area contributed by atoms with E-state index < -0.39 is 10.0 Å². The van der Waals surface area contributed by atoms with Crippen LogP contribution in [-0.4, -0.2) is 73.1 Å². The van der Waals surface area contributed by atoms with Crippen LogP contribution in [0.2, 0.25) is 0 Å². The number of hydrogen-bond donors (Lipinski definition) is 0. The Bertz CT molecular complexity index is 804. The molecular formula is C21H31N3O4S. The predicted molar refractivity (Wildman–Crippen MR) is 111 cm³/mol. The van der Waals surface area contributed by atoms with Crippen molar-refractivity contribution in [2.45, 2.75) is 56.4 Å². The van der Waals surface area contributed by atoms with Crippen molar-refractivity contribution < 1.29 is 18.0 Å². The SMILES string of the molecule is CCC1CCCCN1C(=O)CCC(=O)N1CCN(S(=O)(=O)c2ccccc2)CC1. The van der Waals surface area contributed by atoms with Crippen LogP contribution in [0.1, 0.15) is 45.4 Å². The Morgan fingerprint density at radius 3 is 2.24 bits per heavy atom. The minimum Gasteiger partial charge on any atom is -0.340 e. The maximum Gasteiger partial charge on any atom is 0.243 e. The highest BCUT2D eigenvalue weighted by Crippen LogP contribution is 2.21. The van der Waals surface area contributed by atoms with Gasteiger partial charge in [-0.2, -0.15) is 4.31 Å². The predicted octanol–water partition coefficient (Wildman–Crippen LogP) is 2.09. The molecule has 2 heterocycles. The summed E-state index contributed by atoms with van der Waals surface area (Å²) >= 11 is 0.